The molecule has 2 aromatic rings. The van der Waals surface area contributed by atoms with E-state index in [1.165, 1.54) is 17.8 Å². The molecule has 3 aliphatic rings. The third kappa shape index (κ3) is 3.11. The molecule has 0 aromatic heterocycles. The summed E-state index contributed by atoms with van der Waals surface area (Å²) in [4.78, 5) is 63.6. The Bertz CT molecular complexity index is 1320. The fourth-order valence-corrected chi connectivity index (χ4v) is 6.25. The molecule has 0 bridgehead atoms. The minimum atomic E-state index is -1.26. The number of carboxylic acid groups (broad SMARTS) is 1. The maximum atomic E-state index is 13.1. The number of nitrogens with zero attached hydrogens (tertiary/aromatic N) is 3. The number of carbonyl (C=O) groups excluding carboxylic acids is 3. The van der Waals surface area contributed by atoms with Crippen LogP contribution in [-0.4, -0.2) is 60.2 Å². The maximum Gasteiger partial charge on any atom is 0.352 e. The molecular weight excluding hydrogens is 462 g/mol. The number of fused-ring (bicyclic) bond motifs is 2. The van der Waals surface area contributed by atoms with Gasteiger partial charge < -0.3 is 5.11 Å². The van der Waals surface area contributed by atoms with Gasteiger partial charge in [-0.3, -0.25) is 34.3 Å². The molecule has 1 N–H and O–H groups in total. The molecule has 1 saturated heterocycles. The zero-order valence-corrected chi connectivity index (χ0v) is 18.5. The number of rotatable bonds is 5. The van der Waals surface area contributed by atoms with E-state index in [0.717, 1.165) is 27.5 Å². The highest BCUT2D eigenvalue weighted by Gasteiger charge is 2.61. The minimum Gasteiger partial charge on any atom is -0.477 e. The molecule has 0 spiro atoms. The quantitative estimate of drug-likeness (QED) is 0.299. The van der Waals surface area contributed by atoms with E-state index in [0.29, 0.717) is 12.0 Å². The lowest BCUT2D eigenvalue weighted by Gasteiger charge is -2.53. The van der Waals surface area contributed by atoms with Crippen LogP contribution in [0.5, 0.6) is 0 Å². The second-order valence-corrected chi connectivity index (χ2v) is 9.49. The van der Waals surface area contributed by atoms with Gasteiger partial charge in [0.15, 0.2) is 0 Å². The summed E-state index contributed by atoms with van der Waals surface area (Å²) in [5.41, 5.74) is 0.865. The van der Waals surface area contributed by atoms with Crippen molar-refractivity contribution in [1.29, 1.82) is 0 Å². The molecule has 3 aliphatic heterocycles. The number of hydrogen-bond donors (Lipinski definition) is 1. The van der Waals surface area contributed by atoms with Crippen molar-refractivity contribution in [3.8, 4) is 0 Å². The lowest BCUT2D eigenvalue weighted by atomic mass is 9.97. The Hall–Kier alpha value is -3.99. The third-order valence-electron chi connectivity index (χ3n) is 6.27. The first-order valence-electron chi connectivity index (χ1n) is 10.3. The van der Waals surface area contributed by atoms with Crippen molar-refractivity contribution in [2.75, 3.05) is 0 Å². The number of imide groups is 1. The van der Waals surface area contributed by atoms with E-state index < -0.39 is 40.0 Å². The molecule has 34 heavy (non-hydrogen) atoms. The number of thioether (sulfide) groups is 1. The van der Waals surface area contributed by atoms with E-state index in [-0.39, 0.29) is 27.8 Å². The second-order valence-electron chi connectivity index (χ2n) is 8.16. The molecule has 0 saturated carbocycles. The van der Waals surface area contributed by atoms with Crippen LogP contribution in [0.1, 0.15) is 33.2 Å². The van der Waals surface area contributed by atoms with Crippen molar-refractivity contribution in [2.45, 2.75) is 30.0 Å². The zero-order valence-electron chi connectivity index (χ0n) is 17.7. The van der Waals surface area contributed by atoms with Crippen molar-refractivity contribution in [3.63, 3.8) is 0 Å². The van der Waals surface area contributed by atoms with E-state index in [2.05, 4.69) is 0 Å². The molecule has 3 amide bonds. The highest BCUT2D eigenvalue weighted by Crippen LogP contribution is 2.48. The van der Waals surface area contributed by atoms with Crippen LogP contribution in [0.3, 0.4) is 0 Å². The molecule has 5 rings (SSSR count). The largest absolute Gasteiger partial charge is 0.477 e. The Morgan fingerprint density at radius 3 is 2.38 bits per heavy atom. The second kappa shape index (κ2) is 7.80. The van der Waals surface area contributed by atoms with E-state index in [1.54, 1.807) is 6.92 Å². The molecule has 11 heteroatoms. The zero-order chi connectivity index (χ0) is 24.3. The van der Waals surface area contributed by atoms with E-state index in [4.69, 9.17) is 0 Å². The van der Waals surface area contributed by atoms with Gasteiger partial charge in [0.2, 0.25) is 0 Å². The molecule has 0 aliphatic carbocycles. The summed E-state index contributed by atoms with van der Waals surface area (Å²) in [6.45, 7) is 1.67. The van der Waals surface area contributed by atoms with Gasteiger partial charge in [-0.1, -0.05) is 30.3 Å². The van der Waals surface area contributed by atoms with Gasteiger partial charge in [0, 0.05) is 17.4 Å². The van der Waals surface area contributed by atoms with Crippen LogP contribution in [0.15, 0.2) is 59.8 Å². The van der Waals surface area contributed by atoms with Gasteiger partial charge in [0.1, 0.15) is 17.1 Å². The molecule has 0 radical (unpaired) electrons. The lowest BCUT2D eigenvalue weighted by molar-refractivity contribution is -0.384. The first-order chi connectivity index (χ1) is 16.2. The Labute approximate surface area is 197 Å². The number of nitro benzene ring substituents is 1. The molecule has 1 fully saturated rings. The van der Waals surface area contributed by atoms with Crippen molar-refractivity contribution in [3.05, 3.63) is 86.6 Å². The highest BCUT2D eigenvalue weighted by atomic mass is 32.2. The van der Waals surface area contributed by atoms with Gasteiger partial charge in [-0.2, -0.15) is 0 Å². The Balaban J connectivity index is 1.49. The number of benzene rings is 2. The maximum absolute atomic E-state index is 13.1. The molecular formula is C23H17N3O7S. The number of carboxylic acids is 1. The Morgan fingerprint density at radius 1 is 1.06 bits per heavy atom. The van der Waals surface area contributed by atoms with Gasteiger partial charge in [-0.25, -0.2) is 4.79 Å². The summed E-state index contributed by atoms with van der Waals surface area (Å²) in [5, 5.41) is 19.9. The summed E-state index contributed by atoms with van der Waals surface area (Å²) < 4.78 is 0. The number of hydrogen-bond acceptors (Lipinski definition) is 7. The number of amides is 3. The molecule has 2 aromatic carbocycles. The van der Waals surface area contributed by atoms with Crippen LogP contribution in [0.2, 0.25) is 0 Å². The summed E-state index contributed by atoms with van der Waals surface area (Å²) in [5.74, 6) is -3.46. The topological polar surface area (TPSA) is 138 Å². The standard InChI is InChI=1S/C23H17N3O7S/c1-11-16(9-12-5-3-2-4-6-12)34-22-18(21(29)25(22)17(11)23(30)31)24-19(27)14-8-7-13(26(32)33)10-15(14)20(24)28/h2-8,10,16,18,22H,9H2,1H3,(H,30,31)/t16?,18?,22-/m1/s1. The predicted molar refractivity (Wildman–Crippen MR) is 120 cm³/mol. The molecule has 3 atom stereocenters. The van der Waals surface area contributed by atoms with Crippen molar-refractivity contribution >= 4 is 41.1 Å². The fourth-order valence-electron chi connectivity index (χ4n) is 4.59. The normalized spacial score (nSPS) is 23.6. The van der Waals surface area contributed by atoms with Crippen molar-refractivity contribution < 1.29 is 29.2 Å². The number of aliphatic carboxylic acids is 1. The molecule has 2 unspecified atom stereocenters. The number of β-lactam (4-membered cyclic amide) rings is 1. The van der Waals surface area contributed by atoms with Gasteiger partial charge in [0.05, 0.1) is 16.1 Å². The van der Waals surface area contributed by atoms with Crippen LogP contribution in [0.4, 0.5) is 5.69 Å². The molecule has 3 heterocycles. The number of carbonyl (C=O) groups is 4. The van der Waals surface area contributed by atoms with Crippen LogP contribution in [0, 0.1) is 10.1 Å². The first-order valence-corrected chi connectivity index (χ1v) is 11.3. The highest BCUT2D eigenvalue weighted by molar-refractivity contribution is 8.00. The van der Waals surface area contributed by atoms with E-state index in [1.807, 2.05) is 30.3 Å². The average molecular weight is 479 g/mol. The van der Waals surface area contributed by atoms with Crippen molar-refractivity contribution in [1.82, 2.24) is 9.80 Å². The summed E-state index contributed by atoms with van der Waals surface area (Å²) in [7, 11) is 0. The SMILES string of the molecule is CC1=C(C(=O)O)N2C(=O)C(N3C(=O)c4ccc([N+](=O)[O-])cc4C3=O)[C@H]2SC1Cc1ccccc1. The smallest absolute Gasteiger partial charge is 0.352 e. The Morgan fingerprint density at radius 2 is 1.74 bits per heavy atom. The van der Waals surface area contributed by atoms with Crippen LogP contribution >= 0.6 is 11.8 Å². The van der Waals surface area contributed by atoms with Gasteiger partial charge in [-0.05, 0) is 30.5 Å². The summed E-state index contributed by atoms with van der Waals surface area (Å²) >= 11 is 1.32. The van der Waals surface area contributed by atoms with Gasteiger partial charge in [0.25, 0.3) is 23.4 Å². The van der Waals surface area contributed by atoms with Gasteiger partial charge in [-0.15, -0.1) is 11.8 Å². The average Bonchev–Trinajstić information content (AvgIpc) is 3.05. The Kier molecular flexibility index (Phi) is 5.01. The molecule has 172 valence electrons. The van der Waals surface area contributed by atoms with Crippen LogP contribution in [-0.2, 0) is 16.0 Å². The first kappa shape index (κ1) is 21.8. The lowest BCUT2D eigenvalue weighted by Crippen LogP contribution is -2.72. The summed E-state index contributed by atoms with van der Waals surface area (Å²) in [6.07, 6.45) is 0.508. The van der Waals surface area contributed by atoms with Gasteiger partial charge >= 0.3 is 5.97 Å². The predicted octanol–water partition coefficient (Wildman–Crippen LogP) is 2.44. The summed E-state index contributed by atoms with van der Waals surface area (Å²) in [6, 6.07) is 11.6. The van der Waals surface area contributed by atoms with Crippen LogP contribution < -0.4 is 0 Å². The van der Waals surface area contributed by atoms with Crippen molar-refractivity contribution in [2.24, 2.45) is 0 Å². The van der Waals surface area contributed by atoms with E-state index in [9.17, 15) is 34.4 Å². The monoisotopic (exact) mass is 479 g/mol. The third-order valence-corrected chi connectivity index (χ3v) is 7.87. The number of non-ortho nitro benzene ring substituents is 1. The van der Waals surface area contributed by atoms with E-state index >= 15 is 0 Å². The van der Waals surface area contributed by atoms with Crippen LogP contribution in [0.25, 0.3) is 0 Å². The minimum absolute atomic E-state index is 0.0197. The molecule has 10 nitrogen and oxygen atoms in total. The fraction of sp³-hybridized carbons (Fsp3) is 0.217. The number of nitro groups is 1.